The third-order valence-electron chi connectivity index (χ3n) is 4.49. The molecule has 0 aromatic carbocycles. The highest BCUT2D eigenvalue weighted by atomic mass is 28.4. The highest BCUT2D eigenvalue weighted by molar-refractivity contribution is 6.74. The second-order valence-corrected chi connectivity index (χ2v) is 12.1. The van der Waals surface area contributed by atoms with E-state index in [1.807, 2.05) is 6.26 Å². The Kier molecular flexibility index (Phi) is 4.88. The van der Waals surface area contributed by atoms with Gasteiger partial charge in [0.25, 0.3) is 0 Å². The highest BCUT2D eigenvalue weighted by Gasteiger charge is 2.38. The highest BCUT2D eigenvalue weighted by Crippen LogP contribution is 2.37. The van der Waals surface area contributed by atoms with Gasteiger partial charge in [0, 0.05) is 0 Å². The van der Waals surface area contributed by atoms with Gasteiger partial charge in [-0.1, -0.05) is 46.8 Å². The molecule has 104 valence electrons. The van der Waals surface area contributed by atoms with Gasteiger partial charge in [0.1, 0.15) is 0 Å². The Morgan fingerprint density at radius 1 is 1.33 bits per heavy atom. The van der Waals surface area contributed by atoms with Gasteiger partial charge in [0.2, 0.25) is 8.32 Å². The van der Waals surface area contributed by atoms with Crippen molar-refractivity contribution in [2.45, 2.75) is 65.6 Å². The fourth-order valence-electron chi connectivity index (χ4n) is 1.81. The Hall–Kier alpha value is -0.503. The summed E-state index contributed by atoms with van der Waals surface area (Å²) >= 11 is 0. The summed E-state index contributed by atoms with van der Waals surface area (Å²) < 4.78 is 6.15. The second kappa shape index (κ2) is 5.64. The molecule has 0 saturated heterocycles. The zero-order valence-corrected chi connectivity index (χ0v) is 14.2. The van der Waals surface area contributed by atoms with Gasteiger partial charge in [-0.3, -0.25) is 0 Å². The van der Waals surface area contributed by atoms with Gasteiger partial charge in [0.05, 0.1) is 6.26 Å². The van der Waals surface area contributed by atoms with Crippen LogP contribution in [0.4, 0.5) is 0 Å². The Labute approximate surface area is 114 Å². The van der Waals surface area contributed by atoms with Gasteiger partial charge < -0.3 is 4.43 Å². The number of hydrogen-bond acceptors (Lipinski definition) is 1. The SMILES string of the molecule is CC(C)[C@H]1C=C/C(=C\O[Si](C)(C)C(C)(C)C)CC1. The van der Waals surface area contributed by atoms with Gasteiger partial charge in [-0.15, -0.1) is 0 Å². The normalized spacial score (nSPS) is 23.8. The van der Waals surface area contributed by atoms with E-state index in [0.717, 1.165) is 18.3 Å². The summed E-state index contributed by atoms with van der Waals surface area (Å²) in [5.41, 5.74) is 1.36. The monoisotopic (exact) mass is 266 g/mol. The number of allylic oxidation sites excluding steroid dienone is 3. The molecule has 1 aliphatic carbocycles. The number of rotatable bonds is 3. The molecule has 0 spiro atoms. The summed E-state index contributed by atoms with van der Waals surface area (Å²) in [6.07, 6.45) is 9.08. The van der Waals surface area contributed by atoms with Crippen LogP contribution in [0.15, 0.2) is 24.0 Å². The summed E-state index contributed by atoms with van der Waals surface area (Å²) in [5, 5.41) is 0.281. The molecule has 0 amide bonds. The Morgan fingerprint density at radius 2 is 1.94 bits per heavy atom. The first-order valence-corrected chi connectivity index (χ1v) is 10.1. The maximum atomic E-state index is 6.15. The largest absolute Gasteiger partial charge is 0.549 e. The Bertz CT molecular complexity index is 331. The Morgan fingerprint density at radius 3 is 2.33 bits per heavy atom. The molecule has 1 nitrogen and oxygen atoms in total. The summed E-state index contributed by atoms with van der Waals surface area (Å²) in [5.74, 6) is 1.50. The van der Waals surface area contributed by atoms with Gasteiger partial charge >= 0.3 is 0 Å². The standard InChI is InChI=1S/C16H30OSi/c1-13(2)15-10-8-14(9-11-15)12-17-18(6,7)16(3,4)5/h8,10,12-13,15H,9,11H2,1-7H3/b14-12+/t15-/m0/s1. The molecule has 1 rings (SSSR count). The number of hydrogen-bond donors (Lipinski definition) is 0. The molecule has 0 heterocycles. The van der Waals surface area contributed by atoms with Crippen LogP contribution in [0.5, 0.6) is 0 Å². The zero-order valence-electron chi connectivity index (χ0n) is 13.2. The minimum absolute atomic E-state index is 0.281. The maximum absolute atomic E-state index is 6.15. The molecule has 0 aromatic heterocycles. The smallest absolute Gasteiger partial charge is 0.249 e. The van der Waals surface area contributed by atoms with Gasteiger partial charge in [-0.05, 0) is 48.4 Å². The second-order valence-electron chi connectivity index (χ2n) is 7.38. The van der Waals surface area contributed by atoms with Crippen molar-refractivity contribution < 1.29 is 4.43 Å². The van der Waals surface area contributed by atoms with E-state index in [0.29, 0.717) is 0 Å². The first-order valence-electron chi connectivity index (χ1n) is 7.18. The van der Waals surface area contributed by atoms with E-state index in [-0.39, 0.29) is 5.04 Å². The lowest BCUT2D eigenvalue weighted by Gasteiger charge is -2.35. The fraction of sp³-hybridized carbons (Fsp3) is 0.750. The summed E-state index contributed by atoms with van der Waals surface area (Å²) in [7, 11) is -1.64. The van der Waals surface area contributed by atoms with E-state index >= 15 is 0 Å². The lowest BCUT2D eigenvalue weighted by molar-refractivity contribution is 0.408. The van der Waals surface area contributed by atoms with Crippen molar-refractivity contribution in [1.82, 2.24) is 0 Å². The average molecular weight is 267 g/mol. The van der Waals surface area contributed by atoms with Crippen molar-refractivity contribution in [3.63, 3.8) is 0 Å². The van der Waals surface area contributed by atoms with E-state index in [1.165, 1.54) is 12.0 Å². The average Bonchev–Trinajstić information content (AvgIpc) is 2.25. The van der Waals surface area contributed by atoms with E-state index in [4.69, 9.17) is 4.43 Å². The van der Waals surface area contributed by atoms with E-state index in [1.54, 1.807) is 0 Å². The molecule has 0 N–H and O–H groups in total. The van der Waals surface area contributed by atoms with Crippen molar-refractivity contribution >= 4 is 8.32 Å². The summed E-state index contributed by atoms with van der Waals surface area (Å²) in [4.78, 5) is 0. The molecule has 0 aliphatic heterocycles. The molecule has 2 heteroatoms. The predicted octanol–water partition coefficient (Wildman–Crippen LogP) is 5.51. The van der Waals surface area contributed by atoms with Crippen LogP contribution in [0.25, 0.3) is 0 Å². The van der Waals surface area contributed by atoms with Crippen molar-refractivity contribution in [3.8, 4) is 0 Å². The minimum atomic E-state index is -1.64. The molecule has 0 bridgehead atoms. The van der Waals surface area contributed by atoms with E-state index in [2.05, 4.69) is 59.9 Å². The fourth-order valence-corrected chi connectivity index (χ4v) is 2.61. The minimum Gasteiger partial charge on any atom is -0.549 e. The van der Waals surface area contributed by atoms with Gasteiger partial charge in [-0.2, -0.15) is 0 Å². The van der Waals surface area contributed by atoms with Crippen LogP contribution in [0.1, 0.15) is 47.5 Å². The van der Waals surface area contributed by atoms with Gasteiger partial charge in [-0.25, -0.2) is 0 Å². The third kappa shape index (κ3) is 4.01. The van der Waals surface area contributed by atoms with Crippen LogP contribution in [0, 0.1) is 11.8 Å². The van der Waals surface area contributed by atoms with Crippen LogP contribution in [0.3, 0.4) is 0 Å². The zero-order chi connectivity index (χ0) is 14.0. The topological polar surface area (TPSA) is 9.23 Å². The lowest BCUT2D eigenvalue weighted by atomic mass is 9.85. The molecule has 1 aliphatic rings. The van der Waals surface area contributed by atoms with Crippen molar-refractivity contribution in [2.75, 3.05) is 0 Å². The molecule has 0 unspecified atom stereocenters. The van der Waals surface area contributed by atoms with Crippen LogP contribution in [0.2, 0.25) is 18.1 Å². The van der Waals surface area contributed by atoms with Gasteiger partial charge in [0.15, 0.2) is 0 Å². The molecular weight excluding hydrogens is 236 g/mol. The first kappa shape index (κ1) is 15.6. The summed E-state index contributed by atoms with van der Waals surface area (Å²) in [6, 6.07) is 0. The van der Waals surface area contributed by atoms with Crippen molar-refractivity contribution in [1.29, 1.82) is 0 Å². The van der Waals surface area contributed by atoms with Crippen LogP contribution in [-0.2, 0) is 4.43 Å². The molecule has 0 fully saturated rings. The molecule has 0 saturated carbocycles. The molecule has 18 heavy (non-hydrogen) atoms. The van der Waals surface area contributed by atoms with Crippen LogP contribution in [-0.4, -0.2) is 8.32 Å². The maximum Gasteiger partial charge on any atom is 0.249 e. The van der Waals surface area contributed by atoms with Crippen LogP contribution < -0.4 is 0 Å². The van der Waals surface area contributed by atoms with Crippen molar-refractivity contribution in [3.05, 3.63) is 24.0 Å². The molecule has 1 atom stereocenters. The van der Waals surface area contributed by atoms with Crippen LogP contribution >= 0.6 is 0 Å². The summed E-state index contributed by atoms with van der Waals surface area (Å²) in [6.45, 7) is 16.0. The molecule has 0 radical (unpaired) electrons. The van der Waals surface area contributed by atoms with E-state index < -0.39 is 8.32 Å². The lowest BCUT2D eigenvalue weighted by Crippen LogP contribution is -2.39. The molecule has 0 aromatic rings. The first-order chi connectivity index (χ1) is 8.13. The molecular formula is C16H30OSi. The quantitative estimate of drug-likeness (QED) is 0.483. The van der Waals surface area contributed by atoms with Crippen molar-refractivity contribution in [2.24, 2.45) is 11.8 Å². The predicted molar refractivity (Wildman–Crippen MR) is 83.1 cm³/mol. The third-order valence-corrected chi connectivity index (χ3v) is 8.81. The van der Waals surface area contributed by atoms with E-state index in [9.17, 15) is 0 Å². The Balaban J connectivity index is 2.63.